The van der Waals surface area contributed by atoms with E-state index in [1.165, 1.54) is 0 Å². The van der Waals surface area contributed by atoms with Gasteiger partial charge in [0.1, 0.15) is 12.1 Å². The Balaban J connectivity index is 0.000000188. The number of hydrogen-bond donors (Lipinski definition) is 1. The third-order valence-electron chi connectivity index (χ3n) is 9.17. The summed E-state index contributed by atoms with van der Waals surface area (Å²) < 4.78 is 4.31. The zero-order valence-corrected chi connectivity index (χ0v) is 37.6. The minimum absolute atomic E-state index is 0. The summed E-state index contributed by atoms with van der Waals surface area (Å²) in [5.41, 5.74) is 14.2. The summed E-state index contributed by atoms with van der Waals surface area (Å²) in [4.78, 5) is 38.9. The lowest BCUT2D eigenvalue weighted by molar-refractivity contribution is 0.0817. The van der Waals surface area contributed by atoms with Crippen molar-refractivity contribution in [3.05, 3.63) is 264 Å². The molecule has 0 aliphatic carbocycles. The van der Waals surface area contributed by atoms with E-state index >= 15 is 0 Å². The van der Waals surface area contributed by atoms with Crippen molar-refractivity contribution in [1.29, 1.82) is 0 Å². The SMILES string of the molecule is Brc1ccc(-c2nc(-c3ccccc3)c(-c3ccccc3)n2-c2ccccc2)cc1.Nc1ccccc1.O=C(C(=O)c1ccccc1)c1ccccc1.O=Cc1ccc(Br)cc1.[CH3-]. The van der Waals surface area contributed by atoms with Gasteiger partial charge >= 0.3 is 0 Å². The number of rotatable bonds is 8. The molecule has 9 aromatic rings. The molecule has 2 N–H and O–H groups in total. The maximum Gasteiger partial charge on any atom is 0.233 e. The zero-order valence-electron chi connectivity index (χ0n) is 34.5. The average Bonchev–Trinajstić information content (AvgIpc) is 3.75. The number of aromatic nitrogens is 2. The summed E-state index contributed by atoms with van der Waals surface area (Å²) in [6, 6.07) is 73.5. The topological polar surface area (TPSA) is 95.1 Å². The molecule has 8 aromatic carbocycles. The number of aldehydes is 1. The quantitative estimate of drug-likeness (QED) is 0.0538. The van der Waals surface area contributed by atoms with Crippen LogP contribution >= 0.6 is 31.9 Å². The third kappa shape index (κ3) is 13.4. The van der Waals surface area contributed by atoms with Crippen LogP contribution in [0.15, 0.2) is 239 Å². The second-order valence-electron chi connectivity index (χ2n) is 13.5. The summed E-state index contributed by atoms with van der Waals surface area (Å²) >= 11 is 6.81. The molecule has 6 nitrogen and oxygen atoms in total. The van der Waals surface area contributed by atoms with Gasteiger partial charge in [0.25, 0.3) is 0 Å². The molecular formula is C55H44Br2N3O3-. The first-order valence-electron chi connectivity index (χ1n) is 19.6. The summed E-state index contributed by atoms with van der Waals surface area (Å²) in [6.07, 6.45) is 0.826. The Morgan fingerprint density at radius 3 is 1.25 bits per heavy atom. The second-order valence-corrected chi connectivity index (χ2v) is 15.3. The fourth-order valence-electron chi connectivity index (χ4n) is 6.14. The van der Waals surface area contributed by atoms with Crippen molar-refractivity contribution in [3.63, 3.8) is 0 Å². The molecule has 0 spiro atoms. The standard InChI is InChI=1S/C27H19BrN2.C14H10O2.C7H5BrO.C6H7N.CH3/c28-23-18-16-22(17-19-23)27-29-25(20-10-4-1-5-11-20)26(21-12-6-2-7-13-21)30(27)24-14-8-3-9-15-24;15-13(11-7-3-1-4-8-11)14(16)12-9-5-2-6-10-12;8-7-3-1-6(5-9)2-4-7;7-6-4-2-1-3-5-6;/h1-19H;1-10H;1-5H;1-5H,7H2;1H3/q;;;;-1. The number of nitrogens with two attached hydrogens (primary N) is 1. The number of para-hydroxylation sites is 2. The molecule has 0 amide bonds. The maximum atomic E-state index is 11.8. The lowest BCUT2D eigenvalue weighted by Gasteiger charge is -2.13. The molecule has 0 saturated heterocycles. The van der Waals surface area contributed by atoms with Crippen molar-refractivity contribution in [2.24, 2.45) is 0 Å². The van der Waals surface area contributed by atoms with Gasteiger partial charge in [0.05, 0.1) is 11.4 Å². The Morgan fingerprint density at radius 2 is 0.841 bits per heavy atom. The van der Waals surface area contributed by atoms with Crippen molar-refractivity contribution >= 4 is 55.4 Å². The van der Waals surface area contributed by atoms with E-state index in [0.717, 1.165) is 60.5 Å². The van der Waals surface area contributed by atoms with E-state index in [9.17, 15) is 14.4 Å². The Hall–Kier alpha value is -7.26. The molecule has 0 unspecified atom stereocenters. The van der Waals surface area contributed by atoms with Gasteiger partial charge in [-0.15, -0.1) is 0 Å². The normalized spacial score (nSPS) is 9.87. The first kappa shape index (κ1) is 46.8. The number of nitrogens with zero attached hydrogens (tertiary/aromatic N) is 2. The van der Waals surface area contributed by atoms with Gasteiger partial charge in [-0.2, -0.15) is 0 Å². The number of benzene rings is 8. The number of nitrogen functional groups attached to an aromatic ring is 1. The van der Waals surface area contributed by atoms with E-state index in [4.69, 9.17) is 10.7 Å². The van der Waals surface area contributed by atoms with Crippen molar-refractivity contribution in [1.82, 2.24) is 9.55 Å². The summed E-state index contributed by atoms with van der Waals surface area (Å²) in [5, 5.41) is 0. The minimum Gasteiger partial charge on any atom is -0.399 e. The highest BCUT2D eigenvalue weighted by Crippen LogP contribution is 2.38. The van der Waals surface area contributed by atoms with E-state index in [1.807, 2.05) is 72.8 Å². The van der Waals surface area contributed by atoms with Gasteiger partial charge in [-0.05, 0) is 48.5 Å². The smallest absolute Gasteiger partial charge is 0.233 e. The molecule has 312 valence electrons. The van der Waals surface area contributed by atoms with Gasteiger partial charge in [0, 0.05) is 53.7 Å². The van der Waals surface area contributed by atoms with Crippen molar-refractivity contribution in [2.45, 2.75) is 0 Å². The Bertz CT molecular complexity index is 2720. The van der Waals surface area contributed by atoms with Gasteiger partial charge in [-0.1, -0.05) is 214 Å². The van der Waals surface area contributed by atoms with Gasteiger partial charge in [0.2, 0.25) is 11.6 Å². The lowest BCUT2D eigenvalue weighted by atomic mass is 10.0. The lowest BCUT2D eigenvalue weighted by Crippen LogP contribution is -2.14. The molecule has 0 atom stereocenters. The highest BCUT2D eigenvalue weighted by atomic mass is 79.9. The molecule has 8 heteroatoms. The average molecular weight is 955 g/mol. The van der Waals surface area contributed by atoms with Crippen LogP contribution in [0.25, 0.3) is 39.6 Å². The van der Waals surface area contributed by atoms with Crippen LogP contribution < -0.4 is 5.73 Å². The zero-order chi connectivity index (χ0) is 43.5. The number of Topliss-reactive ketones (excluding diaryl/α,β-unsaturated/α-hetero) is 2. The maximum absolute atomic E-state index is 11.8. The van der Waals surface area contributed by atoms with Gasteiger partial charge in [-0.3, -0.25) is 19.0 Å². The second kappa shape index (κ2) is 24.3. The number of hydrogen-bond acceptors (Lipinski definition) is 5. The van der Waals surface area contributed by atoms with E-state index < -0.39 is 11.6 Å². The molecule has 1 aromatic heterocycles. The van der Waals surface area contributed by atoms with Crippen molar-refractivity contribution in [3.8, 4) is 39.6 Å². The summed E-state index contributed by atoms with van der Waals surface area (Å²) in [6.45, 7) is 0. The van der Waals surface area contributed by atoms with E-state index in [1.54, 1.807) is 60.7 Å². The first-order valence-corrected chi connectivity index (χ1v) is 21.2. The Labute approximate surface area is 386 Å². The third-order valence-corrected chi connectivity index (χ3v) is 10.2. The fraction of sp³-hybridized carbons (Fsp3) is 0. The van der Waals surface area contributed by atoms with Crippen LogP contribution in [0.3, 0.4) is 0 Å². The van der Waals surface area contributed by atoms with E-state index in [-0.39, 0.29) is 7.43 Å². The first-order chi connectivity index (χ1) is 30.3. The molecule has 1 heterocycles. The van der Waals surface area contributed by atoms with Crippen LogP contribution in [0.5, 0.6) is 0 Å². The largest absolute Gasteiger partial charge is 0.399 e. The predicted molar refractivity (Wildman–Crippen MR) is 266 cm³/mol. The van der Waals surface area contributed by atoms with Crippen LogP contribution in [-0.2, 0) is 0 Å². The highest BCUT2D eigenvalue weighted by molar-refractivity contribution is 9.10. The molecule has 9 rings (SSSR count). The number of carbonyl (C=O) groups is 3. The summed E-state index contributed by atoms with van der Waals surface area (Å²) in [7, 11) is 0. The minimum atomic E-state index is -0.466. The van der Waals surface area contributed by atoms with Crippen molar-refractivity contribution < 1.29 is 14.4 Å². The number of anilines is 1. The molecule has 0 bridgehead atoms. The number of halogens is 2. The molecular weight excluding hydrogens is 910 g/mol. The number of carbonyl (C=O) groups excluding carboxylic acids is 3. The van der Waals surface area contributed by atoms with Gasteiger partial charge in [0.15, 0.2) is 0 Å². The Kier molecular flexibility index (Phi) is 18.0. The molecule has 0 fully saturated rings. The predicted octanol–water partition coefficient (Wildman–Crippen LogP) is 14.4. The highest BCUT2D eigenvalue weighted by Gasteiger charge is 2.22. The Morgan fingerprint density at radius 1 is 0.460 bits per heavy atom. The fourth-order valence-corrected chi connectivity index (χ4v) is 6.67. The number of imidazole rings is 1. The van der Waals surface area contributed by atoms with Crippen LogP contribution in [0.2, 0.25) is 0 Å². The van der Waals surface area contributed by atoms with Crippen LogP contribution in [0, 0.1) is 7.43 Å². The monoisotopic (exact) mass is 952 g/mol. The molecule has 0 aliphatic rings. The van der Waals surface area contributed by atoms with Crippen LogP contribution in [0.1, 0.15) is 31.1 Å². The molecule has 0 saturated carbocycles. The number of ketones is 2. The van der Waals surface area contributed by atoms with Crippen molar-refractivity contribution in [2.75, 3.05) is 5.73 Å². The molecule has 0 radical (unpaired) electrons. The van der Waals surface area contributed by atoms with Gasteiger partial charge in [-0.25, -0.2) is 4.98 Å². The van der Waals surface area contributed by atoms with Crippen LogP contribution in [-0.4, -0.2) is 27.4 Å². The van der Waals surface area contributed by atoms with E-state index in [2.05, 4.69) is 133 Å². The van der Waals surface area contributed by atoms with Gasteiger partial charge < -0.3 is 13.2 Å². The molecule has 63 heavy (non-hydrogen) atoms. The van der Waals surface area contributed by atoms with E-state index in [0.29, 0.717) is 16.7 Å². The molecule has 0 aliphatic heterocycles. The summed E-state index contributed by atoms with van der Waals surface area (Å²) in [5.74, 6) is -0.00925. The van der Waals surface area contributed by atoms with Crippen LogP contribution in [0.4, 0.5) is 5.69 Å².